The van der Waals surface area contributed by atoms with Gasteiger partial charge in [0, 0.05) is 25.2 Å². The lowest BCUT2D eigenvalue weighted by molar-refractivity contribution is 0.0728. The van der Waals surface area contributed by atoms with E-state index in [-0.39, 0.29) is 11.7 Å². The fourth-order valence-electron chi connectivity index (χ4n) is 5.08. The molecule has 0 saturated carbocycles. The average molecular weight is 519 g/mol. The first-order valence-electron chi connectivity index (χ1n) is 14.6. The summed E-state index contributed by atoms with van der Waals surface area (Å²) in [5, 5.41) is 0. The lowest BCUT2D eigenvalue weighted by Gasteiger charge is -2.26. The summed E-state index contributed by atoms with van der Waals surface area (Å²) in [6.07, 6.45) is 8.64. The number of nitrogens with zero attached hydrogens (tertiary/aromatic N) is 6. The topological polar surface area (TPSA) is 67.2 Å². The lowest BCUT2D eigenvalue weighted by atomic mass is 10.1. The van der Waals surface area contributed by atoms with E-state index in [1.165, 1.54) is 37.9 Å². The monoisotopic (exact) mass is 518 g/mol. The molecule has 0 N–H and O–H groups in total. The highest BCUT2D eigenvalue weighted by Crippen LogP contribution is 2.25. The van der Waals surface area contributed by atoms with Crippen LogP contribution < -0.4 is 0 Å². The highest BCUT2D eigenvalue weighted by Gasteiger charge is 2.22. The summed E-state index contributed by atoms with van der Waals surface area (Å²) in [6.45, 7) is 16.6. The van der Waals surface area contributed by atoms with Crippen LogP contribution in [-0.4, -0.2) is 67.9 Å². The molecule has 1 amide bonds. The van der Waals surface area contributed by atoms with Gasteiger partial charge in [0.05, 0.1) is 6.20 Å². The number of amides is 1. The van der Waals surface area contributed by atoms with Gasteiger partial charge in [-0.25, -0.2) is 15.0 Å². The van der Waals surface area contributed by atoms with Crippen molar-refractivity contribution in [2.24, 2.45) is 11.8 Å². The van der Waals surface area contributed by atoms with Gasteiger partial charge >= 0.3 is 0 Å². The normalized spacial score (nSPS) is 14.6. The van der Waals surface area contributed by atoms with E-state index in [9.17, 15) is 4.79 Å². The van der Waals surface area contributed by atoms with E-state index in [2.05, 4.69) is 73.3 Å². The van der Waals surface area contributed by atoms with Crippen LogP contribution in [0, 0.1) is 18.8 Å². The number of rotatable bonds is 12. The van der Waals surface area contributed by atoms with Crippen LogP contribution in [0.15, 0.2) is 30.5 Å². The van der Waals surface area contributed by atoms with Gasteiger partial charge in [0.2, 0.25) is 5.82 Å². The number of aromatic nitrogens is 4. The molecule has 4 rings (SSSR count). The van der Waals surface area contributed by atoms with E-state index in [0.717, 1.165) is 68.0 Å². The molecule has 7 nitrogen and oxygen atoms in total. The average Bonchev–Trinajstić information content (AvgIpc) is 3.27. The number of hydrogen-bond acceptors (Lipinski definition) is 5. The largest absolute Gasteiger partial charge is 0.336 e. The minimum absolute atomic E-state index is 0.0776. The number of benzene rings is 1. The second-order valence-electron chi connectivity index (χ2n) is 11.8. The maximum absolute atomic E-state index is 13.6. The van der Waals surface area contributed by atoms with Crippen molar-refractivity contribution in [2.45, 2.75) is 79.7 Å². The highest BCUT2D eigenvalue weighted by molar-refractivity contribution is 5.92. The lowest BCUT2D eigenvalue weighted by Crippen LogP contribution is -2.35. The van der Waals surface area contributed by atoms with Crippen LogP contribution in [0.4, 0.5) is 0 Å². The molecule has 206 valence electrons. The number of hydrogen-bond donors (Lipinski definition) is 0. The Balaban J connectivity index is 1.64. The van der Waals surface area contributed by atoms with Crippen molar-refractivity contribution in [3.8, 4) is 11.4 Å². The Morgan fingerprint density at radius 3 is 2.21 bits per heavy atom. The number of carbonyl (C=O) groups excluding carboxylic acids is 1. The van der Waals surface area contributed by atoms with Crippen LogP contribution in [-0.2, 0) is 6.54 Å². The molecule has 1 aliphatic heterocycles. The zero-order valence-corrected chi connectivity index (χ0v) is 24.1. The first-order chi connectivity index (χ1) is 18.3. The van der Waals surface area contributed by atoms with Gasteiger partial charge in [0.25, 0.3) is 5.91 Å². The Bertz CT molecular complexity index is 1170. The number of likely N-dealkylation sites (tertiary alicyclic amines) is 1. The summed E-state index contributed by atoms with van der Waals surface area (Å²) in [4.78, 5) is 32.5. The summed E-state index contributed by atoms with van der Waals surface area (Å²) >= 11 is 0. The Morgan fingerprint density at radius 2 is 1.58 bits per heavy atom. The molecule has 1 fully saturated rings. The molecule has 3 heterocycles. The van der Waals surface area contributed by atoms with Crippen LogP contribution in [0.2, 0.25) is 0 Å². The van der Waals surface area contributed by atoms with Crippen LogP contribution in [0.1, 0.15) is 82.4 Å². The second kappa shape index (κ2) is 13.3. The zero-order valence-electron chi connectivity index (χ0n) is 24.1. The van der Waals surface area contributed by atoms with Crippen molar-refractivity contribution >= 4 is 17.1 Å². The van der Waals surface area contributed by atoms with E-state index >= 15 is 0 Å². The van der Waals surface area contributed by atoms with Crippen LogP contribution in [0.25, 0.3) is 22.6 Å². The molecule has 0 spiro atoms. The molecule has 38 heavy (non-hydrogen) atoms. The zero-order chi connectivity index (χ0) is 27.1. The summed E-state index contributed by atoms with van der Waals surface area (Å²) in [6, 6.07) is 8.48. The Kier molecular flexibility index (Phi) is 9.89. The fourth-order valence-corrected chi connectivity index (χ4v) is 5.08. The number of fused-ring (bicyclic) bond motifs is 1. The van der Waals surface area contributed by atoms with Gasteiger partial charge in [0.1, 0.15) is 11.3 Å². The minimum Gasteiger partial charge on any atom is -0.336 e. The molecule has 0 unspecified atom stereocenters. The van der Waals surface area contributed by atoms with E-state index in [0.29, 0.717) is 11.8 Å². The van der Waals surface area contributed by atoms with Gasteiger partial charge in [0.15, 0.2) is 5.65 Å². The van der Waals surface area contributed by atoms with Gasteiger partial charge in [-0.1, -0.05) is 63.9 Å². The Morgan fingerprint density at radius 1 is 0.921 bits per heavy atom. The molecule has 1 aliphatic rings. The van der Waals surface area contributed by atoms with Crippen molar-refractivity contribution in [3.63, 3.8) is 0 Å². The summed E-state index contributed by atoms with van der Waals surface area (Å²) < 4.78 is 2.20. The van der Waals surface area contributed by atoms with Gasteiger partial charge in [-0.2, -0.15) is 0 Å². The predicted molar refractivity (Wildman–Crippen MR) is 155 cm³/mol. The smallest absolute Gasteiger partial charge is 0.291 e. The molecule has 0 aliphatic carbocycles. The molecule has 2 aromatic heterocycles. The highest BCUT2D eigenvalue weighted by atomic mass is 16.2. The Hall–Kier alpha value is -2.80. The van der Waals surface area contributed by atoms with E-state index < -0.39 is 0 Å². The summed E-state index contributed by atoms with van der Waals surface area (Å²) in [5.41, 5.74) is 3.78. The van der Waals surface area contributed by atoms with Crippen LogP contribution in [0.3, 0.4) is 0 Å². The van der Waals surface area contributed by atoms with E-state index in [1.54, 1.807) is 6.20 Å². The summed E-state index contributed by atoms with van der Waals surface area (Å²) in [5.74, 6) is 2.16. The molecular formula is C31H46N6O. The van der Waals surface area contributed by atoms with Crippen molar-refractivity contribution in [2.75, 3.05) is 32.7 Å². The minimum atomic E-state index is -0.0776. The maximum Gasteiger partial charge on any atom is 0.291 e. The van der Waals surface area contributed by atoms with Crippen LogP contribution >= 0.6 is 0 Å². The molecule has 0 radical (unpaired) electrons. The third kappa shape index (κ3) is 7.40. The van der Waals surface area contributed by atoms with Gasteiger partial charge in [-0.3, -0.25) is 4.79 Å². The molecule has 0 bridgehead atoms. The van der Waals surface area contributed by atoms with Gasteiger partial charge < -0.3 is 14.4 Å². The molecule has 3 aromatic rings. The maximum atomic E-state index is 13.6. The number of carbonyl (C=O) groups is 1. The molecule has 0 atom stereocenters. The number of piperidine rings is 1. The number of imidazole rings is 1. The third-order valence-electron chi connectivity index (χ3n) is 7.53. The molecule has 1 saturated heterocycles. The molecular weight excluding hydrogens is 472 g/mol. The molecule has 1 aromatic carbocycles. The standard InChI is InChI=1S/C31H46N6O/c1-23(2)14-20-36(21-15-24(3)4)31(38)28-32-22-27-30(34-28)37(19-9-18-35-16-7-6-8-17-35)29(33-27)26-12-10-25(5)11-13-26/h10-13,22-24H,6-9,14-21H2,1-5H3. The van der Waals surface area contributed by atoms with Crippen molar-refractivity contribution in [1.29, 1.82) is 0 Å². The quantitative estimate of drug-likeness (QED) is 0.285. The van der Waals surface area contributed by atoms with E-state index in [1.807, 2.05) is 4.90 Å². The molecule has 7 heteroatoms. The number of aryl methyl sites for hydroxylation is 2. The Labute approximate surface area is 228 Å². The van der Waals surface area contributed by atoms with Crippen molar-refractivity contribution in [1.82, 2.24) is 29.3 Å². The first-order valence-corrected chi connectivity index (χ1v) is 14.6. The second-order valence-corrected chi connectivity index (χ2v) is 11.8. The van der Waals surface area contributed by atoms with E-state index in [4.69, 9.17) is 9.97 Å². The predicted octanol–water partition coefficient (Wildman–Crippen LogP) is 6.21. The third-order valence-corrected chi connectivity index (χ3v) is 7.53. The first kappa shape index (κ1) is 28.2. The van der Waals surface area contributed by atoms with Crippen LogP contribution in [0.5, 0.6) is 0 Å². The van der Waals surface area contributed by atoms with Crippen molar-refractivity contribution in [3.05, 3.63) is 41.9 Å². The summed E-state index contributed by atoms with van der Waals surface area (Å²) in [7, 11) is 0. The SMILES string of the molecule is Cc1ccc(-c2nc3cnc(C(=O)N(CCC(C)C)CCC(C)C)nc3n2CCCN2CCCCC2)cc1. The van der Waals surface area contributed by atoms with Crippen molar-refractivity contribution < 1.29 is 4.79 Å². The van der Waals surface area contributed by atoms with Gasteiger partial charge in [-0.05, 0) is 70.5 Å². The fraction of sp³-hybridized carbons (Fsp3) is 0.613. The van der Waals surface area contributed by atoms with Gasteiger partial charge in [-0.15, -0.1) is 0 Å².